The lowest BCUT2D eigenvalue weighted by Crippen LogP contribution is -1.86. The van der Waals surface area contributed by atoms with Crippen molar-refractivity contribution in [3.05, 3.63) is 79.1 Å². The van der Waals surface area contributed by atoms with Crippen molar-refractivity contribution in [2.45, 2.75) is 0 Å². The van der Waals surface area contributed by atoms with E-state index in [1.807, 2.05) is 18.3 Å². The minimum Gasteiger partial charge on any atom is -0.412 e. The van der Waals surface area contributed by atoms with E-state index in [9.17, 15) is 0 Å². The van der Waals surface area contributed by atoms with E-state index in [0.717, 1.165) is 44.2 Å². The number of H-pyrrole nitrogens is 1. The first-order valence-electron chi connectivity index (χ1n) is 8.89. The fourth-order valence-corrected chi connectivity index (χ4v) is 3.82. The Morgan fingerprint density at radius 2 is 1.36 bits per heavy atom. The number of nitrogens with zero attached hydrogens (tertiary/aromatic N) is 3. The second-order valence-corrected chi connectivity index (χ2v) is 6.67. The molecule has 0 radical (unpaired) electrons. The van der Waals surface area contributed by atoms with Crippen LogP contribution in [-0.4, -0.2) is 25.4 Å². The number of aromatic amines is 1. The van der Waals surface area contributed by atoms with Gasteiger partial charge in [0, 0.05) is 28.7 Å². The van der Waals surface area contributed by atoms with Crippen molar-refractivity contribution >= 4 is 43.6 Å². The summed E-state index contributed by atoms with van der Waals surface area (Å²) in [7, 11) is 0. The molecule has 0 aliphatic carbocycles. The van der Waals surface area contributed by atoms with Gasteiger partial charge in [-0.25, -0.2) is 4.98 Å². The number of fused-ring (bicyclic) bond motifs is 7. The quantitative estimate of drug-likeness (QED) is 0.431. The minimum absolute atomic E-state index is 0. The molecule has 5 heteroatoms. The van der Waals surface area contributed by atoms with Gasteiger partial charge in [0.1, 0.15) is 5.82 Å². The summed E-state index contributed by atoms with van der Waals surface area (Å²) in [5.41, 5.74) is 4.79. The van der Waals surface area contributed by atoms with Crippen molar-refractivity contribution in [2.24, 2.45) is 0 Å². The molecule has 28 heavy (non-hydrogen) atoms. The van der Waals surface area contributed by atoms with Crippen LogP contribution in [0.1, 0.15) is 0 Å². The molecule has 3 heterocycles. The van der Waals surface area contributed by atoms with Crippen molar-refractivity contribution in [1.29, 1.82) is 0 Å². The van der Waals surface area contributed by atoms with Gasteiger partial charge >= 0.3 is 0 Å². The SMILES string of the molecule is O.c1ccc2cc(-c3nc4c5cccnc5c5ncccc5c4[nH]3)ccc2c1. The molecule has 3 aromatic carbocycles. The van der Waals surface area contributed by atoms with Crippen LogP contribution in [0.15, 0.2) is 79.1 Å². The number of pyridine rings is 2. The standard InChI is InChI=1S/C23H14N4.H2O/c1-2-6-15-13-16(10-9-14(15)5-1)23-26-21-17-7-3-11-24-19(17)20-18(22(21)27-23)8-4-12-25-20;/h1-13H,(H,26,27);1H2. The summed E-state index contributed by atoms with van der Waals surface area (Å²) in [4.78, 5) is 17.6. The Labute approximate surface area is 160 Å². The summed E-state index contributed by atoms with van der Waals surface area (Å²) in [6, 6.07) is 22.8. The fraction of sp³-hybridized carbons (Fsp3) is 0. The Morgan fingerprint density at radius 3 is 2.18 bits per heavy atom. The van der Waals surface area contributed by atoms with Crippen LogP contribution in [0.5, 0.6) is 0 Å². The summed E-state index contributed by atoms with van der Waals surface area (Å²) >= 11 is 0. The van der Waals surface area contributed by atoms with E-state index < -0.39 is 0 Å². The topological polar surface area (TPSA) is 86.0 Å². The van der Waals surface area contributed by atoms with Crippen molar-refractivity contribution in [1.82, 2.24) is 19.9 Å². The largest absolute Gasteiger partial charge is 0.412 e. The molecule has 0 spiro atoms. The fourth-order valence-electron chi connectivity index (χ4n) is 3.82. The number of rotatable bonds is 1. The summed E-state index contributed by atoms with van der Waals surface area (Å²) in [6.45, 7) is 0. The number of hydrogen-bond donors (Lipinski definition) is 1. The van der Waals surface area contributed by atoms with Crippen molar-refractivity contribution < 1.29 is 5.48 Å². The smallest absolute Gasteiger partial charge is 0.138 e. The molecule has 3 N–H and O–H groups in total. The Hall–Kier alpha value is -3.83. The van der Waals surface area contributed by atoms with Gasteiger partial charge in [-0.1, -0.05) is 36.4 Å². The number of imidazole rings is 1. The zero-order chi connectivity index (χ0) is 17.8. The molecule has 6 rings (SSSR count). The number of nitrogens with one attached hydrogen (secondary N) is 1. The van der Waals surface area contributed by atoms with Crippen LogP contribution in [-0.2, 0) is 0 Å². The van der Waals surface area contributed by atoms with E-state index in [4.69, 9.17) is 4.98 Å². The molecule has 0 atom stereocenters. The third-order valence-corrected chi connectivity index (χ3v) is 5.09. The Morgan fingerprint density at radius 1 is 0.643 bits per heavy atom. The maximum absolute atomic E-state index is 4.94. The van der Waals surface area contributed by atoms with Crippen molar-refractivity contribution in [3.8, 4) is 11.4 Å². The van der Waals surface area contributed by atoms with Crippen LogP contribution in [0.25, 0.3) is 55.0 Å². The molecule has 6 aromatic rings. The third-order valence-electron chi connectivity index (χ3n) is 5.09. The van der Waals surface area contributed by atoms with E-state index in [2.05, 4.69) is 69.5 Å². The van der Waals surface area contributed by atoms with Crippen LogP contribution >= 0.6 is 0 Å². The monoisotopic (exact) mass is 364 g/mol. The highest BCUT2D eigenvalue weighted by atomic mass is 16.0. The van der Waals surface area contributed by atoms with Gasteiger partial charge in [-0.15, -0.1) is 0 Å². The van der Waals surface area contributed by atoms with Gasteiger partial charge in [-0.05, 0) is 41.1 Å². The zero-order valence-corrected chi connectivity index (χ0v) is 14.8. The molecular weight excluding hydrogens is 348 g/mol. The first-order chi connectivity index (χ1) is 13.4. The average molecular weight is 364 g/mol. The predicted octanol–water partition coefficient (Wildman–Crippen LogP) is 4.65. The molecule has 3 aromatic heterocycles. The Bertz CT molecular complexity index is 1410. The van der Waals surface area contributed by atoms with E-state index in [-0.39, 0.29) is 5.48 Å². The molecule has 134 valence electrons. The van der Waals surface area contributed by atoms with Crippen LogP contribution in [0.2, 0.25) is 0 Å². The second-order valence-electron chi connectivity index (χ2n) is 6.67. The molecule has 5 nitrogen and oxygen atoms in total. The van der Waals surface area contributed by atoms with Gasteiger partial charge in [0.2, 0.25) is 0 Å². The Kier molecular flexibility index (Phi) is 3.57. The first-order valence-corrected chi connectivity index (χ1v) is 8.89. The maximum atomic E-state index is 4.94. The van der Waals surface area contributed by atoms with Crippen molar-refractivity contribution in [2.75, 3.05) is 0 Å². The van der Waals surface area contributed by atoms with E-state index in [0.29, 0.717) is 0 Å². The summed E-state index contributed by atoms with van der Waals surface area (Å²) in [6.07, 6.45) is 3.61. The molecule has 0 saturated heterocycles. The van der Waals surface area contributed by atoms with Crippen LogP contribution in [0.4, 0.5) is 0 Å². The molecule has 0 aliphatic heterocycles. The number of hydrogen-bond acceptors (Lipinski definition) is 3. The third kappa shape index (κ3) is 2.27. The van der Waals surface area contributed by atoms with Gasteiger partial charge in [0.15, 0.2) is 0 Å². The first kappa shape index (κ1) is 16.4. The zero-order valence-electron chi connectivity index (χ0n) is 14.8. The molecule has 0 bridgehead atoms. The molecule has 0 unspecified atom stereocenters. The molecule has 0 amide bonds. The van der Waals surface area contributed by atoms with Crippen molar-refractivity contribution in [3.63, 3.8) is 0 Å². The van der Waals surface area contributed by atoms with Gasteiger partial charge in [0.25, 0.3) is 0 Å². The van der Waals surface area contributed by atoms with Gasteiger partial charge in [-0.2, -0.15) is 0 Å². The lowest BCUT2D eigenvalue weighted by atomic mass is 10.1. The highest BCUT2D eigenvalue weighted by Gasteiger charge is 2.15. The lowest BCUT2D eigenvalue weighted by molar-refractivity contribution is 0.824. The summed E-state index contributed by atoms with van der Waals surface area (Å²) in [5.74, 6) is 0.859. The van der Waals surface area contributed by atoms with Crippen LogP contribution < -0.4 is 0 Å². The number of aromatic nitrogens is 4. The van der Waals surface area contributed by atoms with Gasteiger partial charge in [0.05, 0.1) is 22.1 Å². The lowest BCUT2D eigenvalue weighted by Gasteiger charge is -2.03. The summed E-state index contributed by atoms with van der Waals surface area (Å²) < 4.78 is 0. The molecule has 0 saturated carbocycles. The highest BCUT2D eigenvalue weighted by Crippen LogP contribution is 2.33. The van der Waals surface area contributed by atoms with E-state index >= 15 is 0 Å². The molecule has 0 fully saturated rings. The second kappa shape index (κ2) is 6.11. The van der Waals surface area contributed by atoms with E-state index in [1.54, 1.807) is 6.20 Å². The highest BCUT2D eigenvalue weighted by molar-refractivity contribution is 6.21. The van der Waals surface area contributed by atoms with Crippen LogP contribution in [0.3, 0.4) is 0 Å². The normalized spacial score (nSPS) is 11.3. The average Bonchev–Trinajstić information content (AvgIpc) is 3.20. The van der Waals surface area contributed by atoms with Gasteiger partial charge < -0.3 is 10.5 Å². The molecule has 0 aliphatic rings. The van der Waals surface area contributed by atoms with Crippen LogP contribution in [0, 0.1) is 0 Å². The van der Waals surface area contributed by atoms with E-state index in [1.165, 1.54) is 10.8 Å². The number of benzene rings is 3. The summed E-state index contributed by atoms with van der Waals surface area (Å²) in [5, 5.41) is 4.48. The predicted molar refractivity (Wildman–Crippen MR) is 113 cm³/mol. The molecular formula is C23H16N4O. The Balaban J connectivity index is 0.00000171. The maximum Gasteiger partial charge on any atom is 0.138 e. The minimum atomic E-state index is 0. The van der Waals surface area contributed by atoms with Gasteiger partial charge in [-0.3, -0.25) is 9.97 Å².